The molecule has 0 saturated carbocycles. The van der Waals surface area contributed by atoms with Gasteiger partial charge in [-0.25, -0.2) is 0 Å². The van der Waals surface area contributed by atoms with Crippen LogP contribution in [0.25, 0.3) is 0 Å². The Morgan fingerprint density at radius 1 is 1.15 bits per heavy atom. The highest BCUT2D eigenvalue weighted by atomic mass is 32.2. The zero-order valence-electron chi connectivity index (χ0n) is 14.6. The van der Waals surface area contributed by atoms with Crippen molar-refractivity contribution in [2.24, 2.45) is 0 Å². The van der Waals surface area contributed by atoms with Crippen molar-refractivity contribution in [3.05, 3.63) is 60.2 Å². The number of methoxy groups -OCH3 is 1. The monoisotopic (exact) mass is 373 g/mol. The highest BCUT2D eigenvalue weighted by molar-refractivity contribution is 8.00. The van der Waals surface area contributed by atoms with Gasteiger partial charge in [0, 0.05) is 11.4 Å². The molecule has 5 nitrogen and oxygen atoms in total. The number of ether oxygens (including phenoxy) is 3. The second-order valence-electron chi connectivity index (χ2n) is 6.52. The lowest BCUT2D eigenvalue weighted by Gasteiger charge is -2.38. The molecule has 2 heterocycles. The van der Waals surface area contributed by atoms with Gasteiger partial charge in [0.1, 0.15) is 11.9 Å². The molecule has 0 aromatic heterocycles. The third kappa shape index (κ3) is 3.75. The molecule has 2 aromatic carbocycles. The molecule has 5 atom stereocenters. The van der Waals surface area contributed by atoms with Crippen molar-refractivity contribution in [1.29, 1.82) is 0 Å². The van der Waals surface area contributed by atoms with Crippen molar-refractivity contribution in [3.63, 3.8) is 0 Å². The van der Waals surface area contributed by atoms with Gasteiger partial charge in [-0.3, -0.25) is 0 Å². The van der Waals surface area contributed by atoms with Crippen LogP contribution in [0.2, 0.25) is 0 Å². The third-order valence-corrected chi connectivity index (χ3v) is 6.14. The molecule has 2 aromatic rings. The number of aliphatic hydroxyl groups excluding tert-OH is 1. The first-order valence-electron chi connectivity index (χ1n) is 8.78. The Hall–Kier alpha value is -1.57. The largest absolute Gasteiger partial charge is 0.497 e. The first-order chi connectivity index (χ1) is 12.7. The molecule has 0 radical (unpaired) electrons. The summed E-state index contributed by atoms with van der Waals surface area (Å²) in [5.74, 6) is 0.834. The van der Waals surface area contributed by atoms with E-state index in [1.165, 1.54) is 0 Å². The fourth-order valence-corrected chi connectivity index (χ4v) is 4.59. The fraction of sp³-hybridized carbons (Fsp3) is 0.400. The number of aliphatic hydroxyl groups is 1. The second-order valence-corrected chi connectivity index (χ2v) is 7.77. The van der Waals surface area contributed by atoms with Crippen LogP contribution in [-0.4, -0.2) is 48.6 Å². The predicted octanol–water partition coefficient (Wildman–Crippen LogP) is 2.43. The lowest BCUT2D eigenvalue weighted by Crippen LogP contribution is -2.58. The topological polar surface area (TPSA) is 60.0 Å². The lowest BCUT2D eigenvalue weighted by molar-refractivity contribution is -0.123. The van der Waals surface area contributed by atoms with Crippen LogP contribution in [0, 0.1) is 0 Å². The van der Waals surface area contributed by atoms with Crippen LogP contribution in [0.4, 0.5) is 0 Å². The summed E-state index contributed by atoms with van der Waals surface area (Å²) in [4.78, 5) is 1.10. The minimum atomic E-state index is -0.551. The maximum Gasteiger partial charge on any atom is 0.172 e. The van der Waals surface area contributed by atoms with Gasteiger partial charge in [0.2, 0.25) is 0 Å². The van der Waals surface area contributed by atoms with Crippen LogP contribution in [0.3, 0.4) is 0 Å². The average Bonchev–Trinajstić information content (AvgIpc) is 3.12. The van der Waals surface area contributed by atoms with Gasteiger partial charge < -0.3 is 24.6 Å². The third-order valence-electron chi connectivity index (χ3n) is 4.82. The quantitative estimate of drug-likeness (QED) is 0.811. The summed E-state index contributed by atoms with van der Waals surface area (Å²) in [5, 5.41) is 14.3. The molecule has 2 aliphatic rings. The van der Waals surface area contributed by atoms with Gasteiger partial charge in [0.15, 0.2) is 6.29 Å². The Morgan fingerprint density at radius 2 is 1.92 bits per heavy atom. The van der Waals surface area contributed by atoms with Crippen LogP contribution < -0.4 is 10.1 Å². The second kappa shape index (κ2) is 7.98. The van der Waals surface area contributed by atoms with Crippen molar-refractivity contribution in [2.45, 2.75) is 41.2 Å². The number of hydrogen-bond donors (Lipinski definition) is 2. The van der Waals surface area contributed by atoms with Gasteiger partial charge in [-0.2, -0.15) is 0 Å². The summed E-state index contributed by atoms with van der Waals surface area (Å²) in [6.45, 7) is 1.16. The van der Waals surface area contributed by atoms with Gasteiger partial charge in [0.25, 0.3) is 0 Å². The summed E-state index contributed by atoms with van der Waals surface area (Å²) in [6, 6.07) is 17.8. The summed E-state index contributed by atoms with van der Waals surface area (Å²) in [6.07, 6.45) is -1.04. The smallest absolute Gasteiger partial charge is 0.172 e. The number of fused-ring (bicyclic) bond motifs is 2. The van der Waals surface area contributed by atoms with Crippen LogP contribution in [0.15, 0.2) is 59.5 Å². The van der Waals surface area contributed by atoms with Crippen molar-refractivity contribution < 1.29 is 19.3 Å². The number of nitrogens with one attached hydrogen (secondary N) is 1. The lowest BCUT2D eigenvalue weighted by atomic mass is 9.99. The van der Waals surface area contributed by atoms with Crippen LogP contribution in [0.1, 0.15) is 5.56 Å². The summed E-state index contributed by atoms with van der Waals surface area (Å²) >= 11 is 1.61. The minimum Gasteiger partial charge on any atom is -0.497 e. The fourth-order valence-electron chi connectivity index (χ4n) is 3.40. The summed E-state index contributed by atoms with van der Waals surface area (Å²) in [5.41, 5.74) is 1.13. The van der Waals surface area contributed by atoms with E-state index >= 15 is 0 Å². The molecular weight excluding hydrogens is 350 g/mol. The van der Waals surface area contributed by atoms with Gasteiger partial charge in [-0.15, -0.1) is 11.8 Å². The predicted molar refractivity (Wildman–Crippen MR) is 100 cm³/mol. The molecule has 26 heavy (non-hydrogen) atoms. The molecule has 2 bridgehead atoms. The Labute approximate surface area is 157 Å². The maximum absolute atomic E-state index is 11.0. The summed E-state index contributed by atoms with van der Waals surface area (Å²) < 4.78 is 17.0. The first kappa shape index (κ1) is 17.8. The number of hydrogen-bond acceptors (Lipinski definition) is 6. The molecule has 6 heteroatoms. The molecule has 138 valence electrons. The van der Waals surface area contributed by atoms with E-state index in [0.29, 0.717) is 13.2 Å². The Balaban J connectivity index is 1.43. The number of benzene rings is 2. The van der Waals surface area contributed by atoms with E-state index in [1.807, 2.05) is 54.6 Å². The maximum atomic E-state index is 11.0. The van der Waals surface area contributed by atoms with Gasteiger partial charge in [-0.05, 0) is 29.8 Å². The Morgan fingerprint density at radius 3 is 2.65 bits per heavy atom. The van der Waals surface area contributed by atoms with E-state index in [0.717, 1.165) is 16.2 Å². The van der Waals surface area contributed by atoms with E-state index in [9.17, 15) is 5.11 Å². The summed E-state index contributed by atoms with van der Waals surface area (Å²) in [7, 11) is 1.66. The van der Waals surface area contributed by atoms with E-state index in [1.54, 1.807) is 18.9 Å². The van der Waals surface area contributed by atoms with Crippen LogP contribution >= 0.6 is 11.8 Å². The highest BCUT2D eigenvalue weighted by Crippen LogP contribution is 2.38. The van der Waals surface area contributed by atoms with Crippen molar-refractivity contribution in [1.82, 2.24) is 5.32 Å². The molecule has 4 rings (SSSR count). The molecule has 2 fully saturated rings. The van der Waals surface area contributed by atoms with Crippen LogP contribution in [0.5, 0.6) is 5.75 Å². The molecule has 2 N–H and O–H groups in total. The molecule has 0 spiro atoms. The van der Waals surface area contributed by atoms with Crippen LogP contribution in [-0.2, 0) is 16.0 Å². The normalized spacial score (nSPS) is 30.3. The van der Waals surface area contributed by atoms with Gasteiger partial charge in [0.05, 0.1) is 31.1 Å². The molecule has 0 aliphatic carbocycles. The number of thioether (sulfide) groups is 1. The van der Waals surface area contributed by atoms with E-state index in [2.05, 4.69) is 5.32 Å². The molecule has 2 saturated heterocycles. The Bertz CT molecular complexity index is 712. The van der Waals surface area contributed by atoms with E-state index in [4.69, 9.17) is 14.2 Å². The molecule has 0 amide bonds. The van der Waals surface area contributed by atoms with Gasteiger partial charge >= 0.3 is 0 Å². The Kier molecular flexibility index (Phi) is 5.47. The molecular formula is C20H23NO4S. The van der Waals surface area contributed by atoms with E-state index in [-0.39, 0.29) is 23.7 Å². The molecule has 2 aliphatic heterocycles. The standard InChI is InChI=1S/C20H23NO4S/c1-23-14-9-7-13(8-10-14)11-21-17-16-12-24-20(25-16)19(18(17)22)26-15-5-3-2-4-6-15/h2-10,16-22H,11-12H2,1H3/t16-,17-,18+,19-,20-/m1/s1. The molecule has 0 unspecified atom stereocenters. The minimum absolute atomic E-state index is 0.124. The first-order valence-corrected chi connectivity index (χ1v) is 9.66. The van der Waals surface area contributed by atoms with Crippen molar-refractivity contribution >= 4 is 11.8 Å². The van der Waals surface area contributed by atoms with E-state index < -0.39 is 6.10 Å². The average molecular weight is 373 g/mol. The van der Waals surface area contributed by atoms with Crippen molar-refractivity contribution in [3.8, 4) is 5.75 Å². The zero-order valence-corrected chi connectivity index (χ0v) is 15.4. The van der Waals surface area contributed by atoms with Crippen molar-refractivity contribution in [2.75, 3.05) is 13.7 Å². The number of rotatable bonds is 6. The van der Waals surface area contributed by atoms with Gasteiger partial charge in [-0.1, -0.05) is 30.3 Å². The highest BCUT2D eigenvalue weighted by Gasteiger charge is 2.50. The SMILES string of the molecule is COc1ccc(CN[C@H]2[C@H](O)[C@@H](Sc3ccccc3)[C@@H]3OC[C@H]2O3)cc1. The zero-order chi connectivity index (χ0) is 17.9.